The van der Waals surface area contributed by atoms with E-state index in [0.717, 1.165) is 50.7 Å². The number of aromatic nitrogens is 5. The van der Waals surface area contributed by atoms with Crippen LogP contribution in [0.15, 0.2) is 55.1 Å². The number of fused-ring (bicyclic) bond motifs is 3. The smallest absolute Gasteiger partial charge is 0.258 e. The number of amides is 1. The van der Waals surface area contributed by atoms with Gasteiger partial charge >= 0.3 is 0 Å². The first kappa shape index (κ1) is 20.1. The van der Waals surface area contributed by atoms with E-state index in [-0.39, 0.29) is 11.9 Å². The molecule has 0 aliphatic carbocycles. The molecule has 1 atom stereocenters. The molecule has 166 valence electrons. The Bertz CT molecular complexity index is 1450. The summed E-state index contributed by atoms with van der Waals surface area (Å²) < 4.78 is 2.90. The monoisotopic (exact) mass is 457 g/mol. The molecule has 4 aromatic heterocycles. The first-order valence-electron chi connectivity index (χ1n) is 10.9. The highest BCUT2D eigenvalue weighted by atomic mass is 32.1. The second-order valence-corrected chi connectivity index (χ2v) is 9.66. The molecule has 5 heterocycles. The topological polar surface area (TPSA) is 82.4 Å². The molecule has 0 saturated heterocycles. The van der Waals surface area contributed by atoms with E-state index in [1.165, 1.54) is 0 Å². The fourth-order valence-electron chi connectivity index (χ4n) is 4.56. The fraction of sp³-hybridized carbons (Fsp3) is 0.250. The summed E-state index contributed by atoms with van der Waals surface area (Å²) in [5, 5.41) is 5.36. The van der Waals surface area contributed by atoms with Gasteiger partial charge in [-0.25, -0.2) is 14.5 Å². The van der Waals surface area contributed by atoms with Gasteiger partial charge in [0.1, 0.15) is 11.0 Å². The number of thiazole rings is 1. The van der Waals surface area contributed by atoms with Crippen molar-refractivity contribution in [3.63, 3.8) is 0 Å². The number of hydrogen-bond acceptors (Lipinski definition) is 6. The summed E-state index contributed by atoms with van der Waals surface area (Å²) in [5.74, 6) is -0.0525. The van der Waals surface area contributed by atoms with Gasteiger partial charge in [-0.2, -0.15) is 5.10 Å². The third-order valence-corrected chi connectivity index (χ3v) is 7.13. The average Bonchev–Trinajstić information content (AvgIpc) is 3.54. The van der Waals surface area contributed by atoms with E-state index in [9.17, 15) is 4.79 Å². The van der Waals surface area contributed by atoms with Crippen LogP contribution in [-0.4, -0.2) is 60.9 Å². The second kappa shape index (κ2) is 7.79. The van der Waals surface area contributed by atoms with Crippen molar-refractivity contribution >= 4 is 33.0 Å². The lowest BCUT2D eigenvalue weighted by Crippen LogP contribution is -2.40. The minimum atomic E-state index is -0.326. The van der Waals surface area contributed by atoms with Gasteiger partial charge in [-0.3, -0.25) is 4.79 Å². The van der Waals surface area contributed by atoms with Gasteiger partial charge in [0.25, 0.3) is 5.91 Å². The van der Waals surface area contributed by atoms with Crippen LogP contribution in [0.5, 0.6) is 0 Å². The Morgan fingerprint density at radius 3 is 2.97 bits per heavy atom. The van der Waals surface area contributed by atoms with E-state index in [1.54, 1.807) is 28.4 Å². The summed E-state index contributed by atoms with van der Waals surface area (Å²) >= 11 is 1.62. The van der Waals surface area contributed by atoms with Gasteiger partial charge in [0.15, 0.2) is 0 Å². The Kier molecular flexibility index (Phi) is 4.74. The van der Waals surface area contributed by atoms with Gasteiger partial charge in [0.2, 0.25) is 0 Å². The molecular weight excluding hydrogens is 434 g/mol. The SMILES string of the molecule is CN(C)Cc1ccc2c(C(=O)N3CCc4[nH]cnc4[C@H]3c3nc4ccccc4s3)cnn2c1. The number of H-pyrrole nitrogens is 1. The normalized spacial score (nSPS) is 16.1. The fourth-order valence-corrected chi connectivity index (χ4v) is 5.64. The Morgan fingerprint density at radius 1 is 1.24 bits per heavy atom. The van der Waals surface area contributed by atoms with E-state index in [0.29, 0.717) is 12.1 Å². The summed E-state index contributed by atoms with van der Waals surface area (Å²) in [6.45, 7) is 1.40. The quantitative estimate of drug-likeness (QED) is 0.447. The maximum atomic E-state index is 13.9. The van der Waals surface area contributed by atoms with Crippen LogP contribution in [0, 0.1) is 0 Å². The standard InChI is InChI=1S/C24H23N7OS/c1-29(2)12-15-7-8-19-16(11-27-31(19)13-15)24(32)30-10-9-18-21(26-14-25-18)22(30)23-28-17-5-3-4-6-20(17)33-23/h3-8,11,13-14,22H,9-10,12H2,1-2H3,(H,25,26)/t22-/m0/s1. The zero-order valence-corrected chi connectivity index (χ0v) is 19.2. The predicted octanol–water partition coefficient (Wildman–Crippen LogP) is 3.52. The molecule has 0 spiro atoms. The molecule has 6 rings (SSSR count). The highest BCUT2D eigenvalue weighted by Gasteiger charge is 2.37. The second-order valence-electron chi connectivity index (χ2n) is 8.60. The number of nitrogens with zero attached hydrogens (tertiary/aromatic N) is 6. The number of rotatable bonds is 4. The molecule has 9 heteroatoms. The van der Waals surface area contributed by atoms with E-state index >= 15 is 0 Å². The van der Waals surface area contributed by atoms with Crippen LogP contribution in [0.3, 0.4) is 0 Å². The van der Waals surface area contributed by atoms with Crippen LogP contribution < -0.4 is 0 Å². The molecule has 1 aromatic carbocycles. The Balaban J connectivity index is 1.41. The average molecular weight is 458 g/mol. The zero-order chi connectivity index (χ0) is 22.5. The van der Waals surface area contributed by atoms with E-state index < -0.39 is 0 Å². The van der Waals surface area contributed by atoms with Gasteiger partial charge in [0, 0.05) is 31.4 Å². The Hall–Kier alpha value is -3.56. The lowest BCUT2D eigenvalue weighted by molar-refractivity contribution is 0.0692. The highest BCUT2D eigenvalue weighted by Crippen LogP contribution is 2.38. The molecular formula is C24H23N7OS. The zero-order valence-electron chi connectivity index (χ0n) is 18.4. The molecule has 0 radical (unpaired) electrons. The number of hydrogen-bond donors (Lipinski definition) is 1. The molecule has 0 unspecified atom stereocenters. The number of para-hydroxylation sites is 1. The van der Waals surface area contributed by atoms with Crippen molar-refractivity contribution in [1.82, 2.24) is 34.4 Å². The molecule has 1 N–H and O–H groups in total. The van der Waals surface area contributed by atoms with Crippen molar-refractivity contribution in [2.45, 2.75) is 19.0 Å². The molecule has 33 heavy (non-hydrogen) atoms. The van der Waals surface area contributed by atoms with E-state index in [1.807, 2.05) is 49.5 Å². The van der Waals surface area contributed by atoms with Crippen molar-refractivity contribution < 1.29 is 4.79 Å². The summed E-state index contributed by atoms with van der Waals surface area (Å²) in [7, 11) is 4.06. The molecule has 0 bridgehead atoms. The maximum absolute atomic E-state index is 13.9. The summed E-state index contributed by atoms with van der Waals surface area (Å²) in [5.41, 5.74) is 5.42. The number of nitrogens with one attached hydrogen (secondary N) is 1. The number of pyridine rings is 1. The highest BCUT2D eigenvalue weighted by molar-refractivity contribution is 7.18. The van der Waals surface area contributed by atoms with Gasteiger partial charge in [0.05, 0.1) is 39.5 Å². The maximum Gasteiger partial charge on any atom is 0.258 e. The Morgan fingerprint density at radius 2 is 2.12 bits per heavy atom. The third-order valence-electron chi connectivity index (χ3n) is 6.04. The van der Waals surface area contributed by atoms with Crippen molar-refractivity contribution in [2.75, 3.05) is 20.6 Å². The van der Waals surface area contributed by atoms with Crippen LogP contribution in [0.25, 0.3) is 15.7 Å². The molecule has 1 amide bonds. The van der Waals surface area contributed by atoms with Crippen molar-refractivity contribution in [3.05, 3.63) is 82.6 Å². The van der Waals surface area contributed by atoms with Crippen molar-refractivity contribution in [2.24, 2.45) is 0 Å². The van der Waals surface area contributed by atoms with Crippen LogP contribution in [0.4, 0.5) is 0 Å². The lowest BCUT2D eigenvalue weighted by Gasteiger charge is -2.33. The van der Waals surface area contributed by atoms with Gasteiger partial charge in [-0.15, -0.1) is 11.3 Å². The largest absolute Gasteiger partial charge is 0.348 e. The van der Waals surface area contributed by atoms with Crippen LogP contribution >= 0.6 is 11.3 Å². The minimum Gasteiger partial charge on any atom is -0.348 e. The number of carbonyl (C=O) groups excluding carboxylic acids is 1. The van der Waals surface area contributed by atoms with E-state index in [2.05, 4.69) is 32.1 Å². The van der Waals surface area contributed by atoms with Gasteiger partial charge < -0.3 is 14.8 Å². The number of imidazole rings is 1. The molecule has 5 aromatic rings. The summed E-state index contributed by atoms with van der Waals surface area (Å²) in [6.07, 6.45) is 6.10. The molecule has 1 aliphatic heterocycles. The van der Waals surface area contributed by atoms with Crippen LogP contribution in [-0.2, 0) is 13.0 Å². The van der Waals surface area contributed by atoms with E-state index in [4.69, 9.17) is 4.98 Å². The molecule has 0 fully saturated rings. The molecule has 0 saturated carbocycles. The molecule has 1 aliphatic rings. The Labute approximate surface area is 194 Å². The van der Waals surface area contributed by atoms with Crippen molar-refractivity contribution in [1.29, 1.82) is 0 Å². The lowest BCUT2D eigenvalue weighted by atomic mass is 10.0. The number of aromatic amines is 1. The first-order valence-corrected chi connectivity index (χ1v) is 11.7. The minimum absolute atomic E-state index is 0.0525. The van der Waals surface area contributed by atoms with Gasteiger partial charge in [-0.1, -0.05) is 18.2 Å². The number of carbonyl (C=O) groups is 1. The van der Waals surface area contributed by atoms with Crippen molar-refractivity contribution in [3.8, 4) is 0 Å². The first-order chi connectivity index (χ1) is 16.1. The number of benzene rings is 1. The third kappa shape index (κ3) is 3.40. The summed E-state index contributed by atoms with van der Waals surface area (Å²) in [4.78, 5) is 30.6. The van der Waals surface area contributed by atoms with Crippen LogP contribution in [0.1, 0.15) is 38.4 Å². The van der Waals surface area contributed by atoms with Crippen LogP contribution in [0.2, 0.25) is 0 Å². The summed E-state index contributed by atoms with van der Waals surface area (Å²) in [6, 6.07) is 11.8. The van der Waals surface area contributed by atoms with Gasteiger partial charge in [-0.05, 0) is 37.9 Å². The molecule has 8 nitrogen and oxygen atoms in total. The predicted molar refractivity (Wildman–Crippen MR) is 127 cm³/mol.